The van der Waals surface area contributed by atoms with Crippen LogP contribution in [0.15, 0.2) is 24.4 Å². The van der Waals surface area contributed by atoms with Gasteiger partial charge in [0, 0.05) is 31.2 Å². The molecule has 0 bridgehead atoms. The van der Waals surface area contributed by atoms with E-state index in [-0.39, 0.29) is 18.4 Å². The Balaban J connectivity index is 2.10. The number of hydrogen-bond acceptors (Lipinski definition) is 4. The number of rotatable bonds is 5. The first-order valence-corrected chi connectivity index (χ1v) is 7.11. The summed E-state index contributed by atoms with van der Waals surface area (Å²) in [7, 11) is 3.25. The van der Waals surface area contributed by atoms with Gasteiger partial charge in [-0.25, -0.2) is 0 Å². The number of benzene rings is 1. The number of methoxy groups -OCH3 is 1. The molecule has 0 unspecified atom stereocenters. The lowest BCUT2D eigenvalue weighted by molar-refractivity contribution is -0.119. The van der Waals surface area contributed by atoms with Crippen molar-refractivity contribution in [2.24, 2.45) is 7.05 Å². The number of carbonyl (C=O) groups excluding carboxylic acids is 2. The van der Waals surface area contributed by atoms with E-state index in [1.54, 1.807) is 29.9 Å². The summed E-state index contributed by atoms with van der Waals surface area (Å²) in [5.41, 5.74) is 3.50. The Morgan fingerprint density at radius 1 is 1.26 bits per heavy atom. The number of nitrogens with one attached hydrogen (secondary N) is 2. The summed E-state index contributed by atoms with van der Waals surface area (Å²) in [6.45, 7) is 3.69. The van der Waals surface area contributed by atoms with E-state index < -0.39 is 0 Å². The van der Waals surface area contributed by atoms with Crippen molar-refractivity contribution in [2.75, 3.05) is 24.4 Å². The molecule has 1 aromatic carbocycles. The first-order valence-electron chi connectivity index (χ1n) is 7.11. The molecule has 0 saturated heterocycles. The maximum Gasteiger partial charge on any atom is 0.259 e. The number of anilines is 2. The van der Waals surface area contributed by atoms with Crippen LogP contribution in [-0.4, -0.2) is 35.3 Å². The zero-order valence-corrected chi connectivity index (χ0v) is 13.6. The summed E-state index contributed by atoms with van der Waals surface area (Å²) in [5, 5.41) is 9.63. The molecule has 122 valence electrons. The van der Waals surface area contributed by atoms with Gasteiger partial charge in [0.05, 0.1) is 11.8 Å². The molecule has 0 aliphatic rings. The van der Waals surface area contributed by atoms with E-state index in [1.165, 1.54) is 13.3 Å². The van der Waals surface area contributed by atoms with Crippen LogP contribution >= 0.6 is 0 Å². The SMILES string of the molecule is COCC(=O)Nc1ccc(NC(=O)c2cnn(C)c2C)cc1C. The van der Waals surface area contributed by atoms with Gasteiger partial charge in [0.2, 0.25) is 5.91 Å². The lowest BCUT2D eigenvalue weighted by Gasteiger charge is -2.11. The molecular formula is C16H20N4O3. The van der Waals surface area contributed by atoms with Gasteiger partial charge in [-0.15, -0.1) is 0 Å². The number of hydrogen-bond donors (Lipinski definition) is 2. The maximum absolute atomic E-state index is 12.3. The van der Waals surface area contributed by atoms with Gasteiger partial charge in [0.1, 0.15) is 6.61 Å². The molecule has 2 rings (SSSR count). The molecule has 2 aromatic rings. The molecule has 1 heterocycles. The van der Waals surface area contributed by atoms with Crippen molar-refractivity contribution >= 4 is 23.2 Å². The van der Waals surface area contributed by atoms with Crippen LogP contribution in [0.3, 0.4) is 0 Å². The molecule has 2 amide bonds. The lowest BCUT2D eigenvalue weighted by Crippen LogP contribution is -2.18. The molecule has 0 radical (unpaired) electrons. The van der Waals surface area contributed by atoms with Crippen LogP contribution in [0.2, 0.25) is 0 Å². The number of ether oxygens (including phenoxy) is 1. The minimum absolute atomic E-state index is 0.00177. The first kappa shape index (κ1) is 16.7. The number of amides is 2. The largest absolute Gasteiger partial charge is 0.375 e. The molecule has 0 aliphatic carbocycles. The summed E-state index contributed by atoms with van der Waals surface area (Å²) in [6, 6.07) is 5.28. The number of nitrogens with zero attached hydrogens (tertiary/aromatic N) is 2. The third-order valence-corrected chi connectivity index (χ3v) is 3.51. The highest BCUT2D eigenvalue weighted by molar-refractivity contribution is 6.05. The van der Waals surface area contributed by atoms with Crippen molar-refractivity contribution in [2.45, 2.75) is 13.8 Å². The van der Waals surface area contributed by atoms with Gasteiger partial charge in [-0.05, 0) is 37.6 Å². The van der Waals surface area contributed by atoms with Crippen molar-refractivity contribution in [1.29, 1.82) is 0 Å². The second-order valence-electron chi connectivity index (χ2n) is 5.23. The van der Waals surface area contributed by atoms with Crippen LogP contribution in [0.4, 0.5) is 11.4 Å². The zero-order valence-electron chi connectivity index (χ0n) is 13.6. The number of aromatic nitrogens is 2. The minimum Gasteiger partial charge on any atom is -0.375 e. The Morgan fingerprint density at radius 3 is 2.57 bits per heavy atom. The number of aryl methyl sites for hydroxylation is 2. The summed E-state index contributed by atoms with van der Waals surface area (Å²) in [6.07, 6.45) is 1.54. The molecule has 7 nitrogen and oxygen atoms in total. The van der Waals surface area contributed by atoms with Gasteiger partial charge >= 0.3 is 0 Å². The Bertz CT molecular complexity index is 737. The molecule has 23 heavy (non-hydrogen) atoms. The van der Waals surface area contributed by atoms with Crippen molar-refractivity contribution in [3.63, 3.8) is 0 Å². The topological polar surface area (TPSA) is 85.2 Å². The fourth-order valence-corrected chi connectivity index (χ4v) is 2.12. The average molecular weight is 316 g/mol. The molecule has 1 aromatic heterocycles. The first-order chi connectivity index (χ1) is 10.9. The van der Waals surface area contributed by atoms with E-state index >= 15 is 0 Å². The molecule has 0 atom stereocenters. The second kappa shape index (κ2) is 7.06. The third-order valence-electron chi connectivity index (χ3n) is 3.51. The molecule has 0 fully saturated rings. The summed E-state index contributed by atoms with van der Waals surface area (Å²) >= 11 is 0. The van der Waals surface area contributed by atoms with Crippen molar-refractivity contribution in [3.8, 4) is 0 Å². The number of carbonyl (C=O) groups is 2. The van der Waals surface area contributed by atoms with Crippen molar-refractivity contribution in [1.82, 2.24) is 9.78 Å². The quantitative estimate of drug-likeness (QED) is 0.882. The van der Waals surface area contributed by atoms with Crippen LogP contribution in [-0.2, 0) is 16.6 Å². The van der Waals surface area contributed by atoms with Gasteiger partial charge in [0.15, 0.2) is 0 Å². The summed E-state index contributed by atoms with van der Waals surface area (Å²) < 4.78 is 6.42. The predicted molar refractivity (Wildman–Crippen MR) is 87.6 cm³/mol. The molecule has 0 saturated carbocycles. The molecule has 2 N–H and O–H groups in total. The second-order valence-corrected chi connectivity index (χ2v) is 5.23. The average Bonchev–Trinajstić information content (AvgIpc) is 2.82. The van der Waals surface area contributed by atoms with Crippen LogP contribution < -0.4 is 10.6 Å². The van der Waals surface area contributed by atoms with Gasteiger partial charge < -0.3 is 15.4 Å². The smallest absolute Gasteiger partial charge is 0.259 e. The normalized spacial score (nSPS) is 10.4. The molecule has 0 aliphatic heterocycles. The molecule has 7 heteroatoms. The predicted octanol–water partition coefficient (Wildman–Crippen LogP) is 1.87. The van der Waals surface area contributed by atoms with Gasteiger partial charge in [0.25, 0.3) is 5.91 Å². The highest BCUT2D eigenvalue weighted by atomic mass is 16.5. The summed E-state index contributed by atoms with van der Waals surface area (Å²) in [5.74, 6) is -0.440. The lowest BCUT2D eigenvalue weighted by atomic mass is 10.1. The summed E-state index contributed by atoms with van der Waals surface area (Å²) in [4.78, 5) is 23.8. The standard InChI is InChI=1S/C16H20N4O3/c1-10-7-12(5-6-14(10)19-15(21)9-23-4)18-16(22)13-8-17-20(3)11(13)2/h5-8H,9H2,1-4H3,(H,18,22)(H,19,21). The van der Waals surface area contributed by atoms with Crippen LogP contribution in [0.1, 0.15) is 21.6 Å². The van der Waals surface area contributed by atoms with E-state index in [2.05, 4.69) is 15.7 Å². The van der Waals surface area contributed by atoms with Crippen LogP contribution in [0.25, 0.3) is 0 Å². The fourth-order valence-electron chi connectivity index (χ4n) is 2.12. The highest BCUT2D eigenvalue weighted by Crippen LogP contribution is 2.20. The highest BCUT2D eigenvalue weighted by Gasteiger charge is 2.13. The van der Waals surface area contributed by atoms with Crippen molar-refractivity contribution < 1.29 is 14.3 Å². The van der Waals surface area contributed by atoms with E-state index in [9.17, 15) is 9.59 Å². The van der Waals surface area contributed by atoms with Gasteiger partial charge in [-0.1, -0.05) is 0 Å². The van der Waals surface area contributed by atoms with E-state index in [0.29, 0.717) is 16.9 Å². The zero-order chi connectivity index (χ0) is 17.0. The molecule has 0 spiro atoms. The van der Waals surface area contributed by atoms with Crippen LogP contribution in [0.5, 0.6) is 0 Å². The Morgan fingerprint density at radius 2 is 2.00 bits per heavy atom. The Labute approximate surface area is 134 Å². The monoisotopic (exact) mass is 316 g/mol. The maximum atomic E-state index is 12.3. The van der Waals surface area contributed by atoms with Gasteiger partial charge in [-0.3, -0.25) is 14.3 Å². The third kappa shape index (κ3) is 3.95. The van der Waals surface area contributed by atoms with Gasteiger partial charge in [-0.2, -0.15) is 5.10 Å². The molecular weight excluding hydrogens is 296 g/mol. The minimum atomic E-state index is -0.224. The Kier molecular flexibility index (Phi) is 5.13. The van der Waals surface area contributed by atoms with Crippen molar-refractivity contribution in [3.05, 3.63) is 41.2 Å². The fraction of sp³-hybridized carbons (Fsp3) is 0.312. The van der Waals surface area contributed by atoms with E-state index in [0.717, 1.165) is 11.3 Å². The van der Waals surface area contributed by atoms with Crippen LogP contribution in [0, 0.1) is 13.8 Å². The Hall–Kier alpha value is -2.67. The van der Waals surface area contributed by atoms with E-state index in [1.807, 2.05) is 13.8 Å². The van der Waals surface area contributed by atoms with E-state index in [4.69, 9.17) is 4.74 Å².